The normalized spacial score (nSPS) is 13.0. The van der Waals surface area contributed by atoms with Crippen molar-refractivity contribution >= 4 is 60.3 Å². The fourth-order valence-electron chi connectivity index (χ4n) is 5.75. The highest BCUT2D eigenvalue weighted by molar-refractivity contribution is 6.29. The predicted octanol–water partition coefficient (Wildman–Crippen LogP) is 10.3. The van der Waals surface area contributed by atoms with Crippen molar-refractivity contribution in [3.8, 4) is 11.1 Å². The maximum atomic E-state index is 9.24. The first-order valence-corrected chi connectivity index (χ1v) is 13.0. The zero-order valence-electron chi connectivity index (χ0n) is 24.9. The summed E-state index contributed by atoms with van der Waals surface area (Å²) in [7, 11) is 0. The highest BCUT2D eigenvalue weighted by Gasteiger charge is 2.16. The number of nitrogens with zero attached hydrogens (tertiary/aromatic N) is 2. The SMILES string of the molecule is [2H]c1c([2H])c(N(c2ccccc2)c2ccccc2)c([2H])c([2H])c1-c1ccc2ccc3cc4cccnc4c4ccc1c2c34. The molecule has 0 aliphatic heterocycles. The largest absolute Gasteiger partial charge is 0.311 e. The average Bonchev–Trinajstić information content (AvgIpc) is 3.05. The smallest absolute Gasteiger partial charge is 0.0780 e. The molecule has 0 saturated heterocycles. The Morgan fingerprint density at radius 3 is 1.90 bits per heavy atom. The summed E-state index contributed by atoms with van der Waals surface area (Å²) in [6, 6.07) is 37.2. The molecular formula is C37H24N2. The maximum absolute atomic E-state index is 9.24. The topological polar surface area (TPSA) is 16.1 Å². The molecule has 0 saturated carbocycles. The Labute approximate surface area is 232 Å². The number of benzene rings is 7. The minimum Gasteiger partial charge on any atom is -0.311 e. The molecule has 1 aromatic heterocycles. The van der Waals surface area contributed by atoms with Crippen LogP contribution in [0.15, 0.2) is 146 Å². The van der Waals surface area contributed by atoms with Crippen LogP contribution in [0.2, 0.25) is 0 Å². The van der Waals surface area contributed by atoms with Crippen molar-refractivity contribution in [3.63, 3.8) is 0 Å². The van der Waals surface area contributed by atoms with Crippen LogP contribution in [0.25, 0.3) is 54.3 Å². The van der Waals surface area contributed by atoms with Gasteiger partial charge in [0.25, 0.3) is 0 Å². The summed E-state index contributed by atoms with van der Waals surface area (Å²) >= 11 is 0. The number of hydrogen-bond acceptors (Lipinski definition) is 2. The first-order valence-electron chi connectivity index (χ1n) is 15.0. The van der Waals surface area contributed by atoms with Crippen LogP contribution in [0.5, 0.6) is 0 Å². The number of pyridine rings is 1. The molecule has 182 valence electrons. The Morgan fingerprint density at radius 2 is 1.15 bits per heavy atom. The highest BCUT2D eigenvalue weighted by atomic mass is 15.1. The molecule has 7 aromatic carbocycles. The monoisotopic (exact) mass is 500 g/mol. The van der Waals surface area contributed by atoms with E-state index in [0.29, 0.717) is 11.1 Å². The molecule has 0 N–H and O–H groups in total. The van der Waals surface area contributed by atoms with E-state index >= 15 is 0 Å². The van der Waals surface area contributed by atoms with Crippen LogP contribution in [-0.4, -0.2) is 4.98 Å². The fourth-order valence-corrected chi connectivity index (χ4v) is 5.75. The number of anilines is 3. The fraction of sp³-hybridized carbons (Fsp3) is 0. The zero-order chi connectivity index (χ0) is 29.2. The molecule has 0 bridgehead atoms. The van der Waals surface area contributed by atoms with Crippen LogP contribution in [0, 0.1) is 0 Å². The molecule has 0 radical (unpaired) electrons. The van der Waals surface area contributed by atoms with Crippen molar-refractivity contribution in [3.05, 3.63) is 146 Å². The molecule has 2 nitrogen and oxygen atoms in total. The lowest BCUT2D eigenvalue weighted by molar-refractivity contribution is 1.28. The van der Waals surface area contributed by atoms with Gasteiger partial charge in [-0.15, -0.1) is 0 Å². The van der Waals surface area contributed by atoms with Crippen LogP contribution in [-0.2, 0) is 0 Å². The van der Waals surface area contributed by atoms with E-state index in [1.165, 1.54) is 0 Å². The quantitative estimate of drug-likeness (QED) is 0.176. The third-order valence-corrected chi connectivity index (χ3v) is 7.48. The van der Waals surface area contributed by atoms with E-state index in [1.54, 1.807) is 4.90 Å². The third-order valence-electron chi connectivity index (χ3n) is 7.48. The van der Waals surface area contributed by atoms with Crippen LogP contribution in [0.3, 0.4) is 0 Å². The highest BCUT2D eigenvalue weighted by Crippen LogP contribution is 2.42. The molecule has 0 fully saturated rings. The number of aromatic nitrogens is 1. The molecular weight excluding hydrogens is 472 g/mol. The van der Waals surface area contributed by atoms with Crippen molar-refractivity contribution in [2.45, 2.75) is 0 Å². The van der Waals surface area contributed by atoms with E-state index < -0.39 is 0 Å². The van der Waals surface area contributed by atoms with Crippen molar-refractivity contribution in [2.75, 3.05) is 4.90 Å². The van der Waals surface area contributed by atoms with Gasteiger partial charge in [0, 0.05) is 34.0 Å². The Bertz CT molecular complexity index is 2270. The van der Waals surface area contributed by atoms with Crippen LogP contribution < -0.4 is 4.90 Å². The summed E-state index contributed by atoms with van der Waals surface area (Å²) in [5, 5.41) is 7.30. The van der Waals surface area contributed by atoms with E-state index in [-0.39, 0.29) is 29.9 Å². The van der Waals surface area contributed by atoms with Crippen LogP contribution >= 0.6 is 0 Å². The second kappa shape index (κ2) is 8.68. The molecule has 0 amide bonds. The minimum atomic E-state index is -0.0930. The van der Waals surface area contributed by atoms with Crippen LogP contribution in [0.1, 0.15) is 5.48 Å². The Kier molecular flexibility index (Phi) is 4.03. The molecule has 1 heterocycles. The van der Waals surface area contributed by atoms with E-state index in [0.717, 1.165) is 54.6 Å². The van der Waals surface area contributed by atoms with Gasteiger partial charge in [-0.25, -0.2) is 0 Å². The van der Waals surface area contributed by atoms with E-state index in [2.05, 4.69) is 35.3 Å². The Balaban J connectivity index is 1.41. The second-order valence-corrected chi connectivity index (χ2v) is 9.72. The van der Waals surface area contributed by atoms with Gasteiger partial charge in [-0.05, 0) is 86.5 Å². The van der Waals surface area contributed by atoms with Gasteiger partial charge in [-0.2, -0.15) is 0 Å². The summed E-state index contributed by atoms with van der Waals surface area (Å²) < 4.78 is 36.9. The van der Waals surface area contributed by atoms with Gasteiger partial charge in [-0.1, -0.05) is 90.9 Å². The van der Waals surface area contributed by atoms with Crippen molar-refractivity contribution in [2.24, 2.45) is 0 Å². The first-order chi connectivity index (χ1) is 21.0. The Hall–Kier alpha value is -5.21. The van der Waals surface area contributed by atoms with Gasteiger partial charge < -0.3 is 4.90 Å². The van der Waals surface area contributed by atoms with Gasteiger partial charge >= 0.3 is 0 Å². The number of hydrogen-bond donors (Lipinski definition) is 0. The van der Waals surface area contributed by atoms with Gasteiger partial charge in [-0.3, -0.25) is 4.98 Å². The van der Waals surface area contributed by atoms with Gasteiger partial charge in [0.2, 0.25) is 0 Å². The minimum absolute atomic E-state index is 0.0741. The standard InChI is InChI=1S/C37H24N2/c1-3-9-29(10-4-1)39(30-11-5-2-6-12-30)31-18-15-25(16-19-31)32-20-17-26-13-14-27-24-28-8-7-23-38-37(28)34-22-21-33(32)35(26)36(27)34/h1-24H/i15D,16D,18D,19D. The van der Waals surface area contributed by atoms with Crippen LogP contribution in [0.4, 0.5) is 17.1 Å². The molecule has 0 atom stereocenters. The average molecular weight is 501 g/mol. The molecule has 2 heteroatoms. The second-order valence-electron chi connectivity index (χ2n) is 9.72. The van der Waals surface area contributed by atoms with Crippen molar-refractivity contribution < 1.29 is 5.48 Å². The molecule has 39 heavy (non-hydrogen) atoms. The van der Waals surface area contributed by atoms with Crippen molar-refractivity contribution in [1.29, 1.82) is 0 Å². The third kappa shape index (κ3) is 3.46. The Morgan fingerprint density at radius 1 is 0.513 bits per heavy atom. The van der Waals surface area contributed by atoms with Crippen molar-refractivity contribution in [1.82, 2.24) is 4.98 Å². The summed E-state index contributed by atoms with van der Waals surface area (Å²) in [6.07, 6.45) is 1.81. The van der Waals surface area contributed by atoms with Gasteiger partial charge in [0.1, 0.15) is 0 Å². The van der Waals surface area contributed by atoms with Gasteiger partial charge in [0.15, 0.2) is 0 Å². The maximum Gasteiger partial charge on any atom is 0.0780 e. The lowest BCUT2D eigenvalue weighted by atomic mass is 9.89. The zero-order valence-corrected chi connectivity index (χ0v) is 20.9. The molecule has 0 spiro atoms. The summed E-state index contributed by atoms with van der Waals surface area (Å²) in [6.45, 7) is 0. The molecule has 0 aliphatic carbocycles. The van der Waals surface area contributed by atoms with E-state index in [1.807, 2.05) is 91.1 Å². The summed E-state index contributed by atoms with van der Waals surface area (Å²) in [5.41, 5.74) is 3.63. The predicted molar refractivity (Wildman–Crippen MR) is 166 cm³/mol. The number of para-hydroxylation sites is 2. The molecule has 0 unspecified atom stereocenters. The number of rotatable bonds is 4. The lowest BCUT2D eigenvalue weighted by Crippen LogP contribution is -2.09. The molecule has 8 rings (SSSR count). The summed E-state index contributed by atoms with van der Waals surface area (Å²) in [4.78, 5) is 6.48. The molecule has 0 aliphatic rings. The summed E-state index contributed by atoms with van der Waals surface area (Å²) in [5.74, 6) is 0. The number of fused-ring (bicyclic) bond motifs is 2. The van der Waals surface area contributed by atoms with E-state index in [4.69, 9.17) is 0 Å². The lowest BCUT2D eigenvalue weighted by Gasteiger charge is -2.25. The first kappa shape index (κ1) is 18.1. The molecule has 8 aromatic rings. The van der Waals surface area contributed by atoms with E-state index in [9.17, 15) is 5.48 Å². The van der Waals surface area contributed by atoms with Gasteiger partial charge in [0.05, 0.1) is 11.0 Å².